The Morgan fingerprint density at radius 1 is 1.19 bits per heavy atom. The van der Waals surface area contributed by atoms with Crippen molar-refractivity contribution in [3.05, 3.63) is 57.3 Å². The summed E-state index contributed by atoms with van der Waals surface area (Å²) >= 11 is 0. The standard InChI is InChI=1S/C16H17N7O3/c1-10(11-4-6-17-7-5-11)19-20-12(24)8-23-9-18-14-13(23)15(25)22(3)16(26)21(14)2/h4-7,9H,8H2,1-3H3,(H,20,24)/b19-10-. The molecule has 0 aliphatic rings. The predicted molar refractivity (Wildman–Crippen MR) is 94.8 cm³/mol. The van der Waals surface area contributed by atoms with E-state index in [0.717, 1.165) is 10.1 Å². The molecule has 0 atom stereocenters. The van der Waals surface area contributed by atoms with Gasteiger partial charge < -0.3 is 4.57 Å². The Balaban J connectivity index is 1.85. The molecule has 26 heavy (non-hydrogen) atoms. The summed E-state index contributed by atoms with van der Waals surface area (Å²) < 4.78 is 3.63. The highest BCUT2D eigenvalue weighted by Gasteiger charge is 2.15. The first-order chi connectivity index (χ1) is 12.4. The Kier molecular flexibility index (Phi) is 4.48. The van der Waals surface area contributed by atoms with Crippen molar-refractivity contribution in [3.63, 3.8) is 0 Å². The van der Waals surface area contributed by atoms with Crippen LogP contribution >= 0.6 is 0 Å². The number of aromatic nitrogens is 5. The highest BCUT2D eigenvalue weighted by Crippen LogP contribution is 2.05. The quantitative estimate of drug-likeness (QED) is 0.494. The number of nitrogens with one attached hydrogen (secondary N) is 1. The number of carbonyl (C=O) groups is 1. The molecule has 0 aromatic carbocycles. The lowest BCUT2D eigenvalue weighted by atomic mass is 10.2. The zero-order valence-electron chi connectivity index (χ0n) is 14.5. The van der Waals surface area contributed by atoms with Gasteiger partial charge in [-0.15, -0.1) is 0 Å². The fraction of sp³-hybridized carbons (Fsp3) is 0.250. The summed E-state index contributed by atoms with van der Waals surface area (Å²) in [7, 11) is 2.90. The smallest absolute Gasteiger partial charge is 0.315 e. The third-order valence-corrected chi connectivity index (χ3v) is 3.98. The maximum Gasteiger partial charge on any atom is 0.332 e. The van der Waals surface area contributed by atoms with Gasteiger partial charge in [0.2, 0.25) is 0 Å². The van der Waals surface area contributed by atoms with Gasteiger partial charge in [-0.25, -0.2) is 15.2 Å². The van der Waals surface area contributed by atoms with Crippen LogP contribution in [0.5, 0.6) is 0 Å². The van der Waals surface area contributed by atoms with E-state index in [4.69, 9.17) is 0 Å². The van der Waals surface area contributed by atoms with Gasteiger partial charge >= 0.3 is 5.69 Å². The lowest BCUT2D eigenvalue weighted by Crippen LogP contribution is -2.38. The third kappa shape index (κ3) is 3.04. The Labute approximate surface area is 147 Å². The molecule has 1 amide bonds. The first kappa shape index (κ1) is 17.3. The van der Waals surface area contributed by atoms with Crippen LogP contribution in [0.25, 0.3) is 11.2 Å². The predicted octanol–water partition coefficient (Wildman–Crippen LogP) is -0.631. The highest BCUT2D eigenvalue weighted by atomic mass is 16.2. The van der Waals surface area contributed by atoms with Crippen LogP contribution in [-0.4, -0.2) is 35.3 Å². The molecule has 3 rings (SSSR count). The van der Waals surface area contributed by atoms with Crippen molar-refractivity contribution in [2.45, 2.75) is 13.5 Å². The number of hydrogen-bond acceptors (Lipinski definition) is 6. The molecule has 0 radical (unpaired) electrons. The first-order valence-electron chi connectivity index (χ1n) is 7.74. The lowest BCUT2D eigenvalue weighted by molar-refractivity contribution is -0.121. The topological polar surface area (TPSA) is 116 Å². The fourth-order valence-corrected chi connectivity index (χ4v) is 2.51. The van der Waals surface area contributed by atoms with Crippen molar-refractivity contribution in [1.82, 2.24) is 29.1 Å². The SMILES string of the molecule is C/C(=N/NC(=O)Cn1cnc2c1c(=O)n(C)c(=O)n2C)c1ccncc1. The summed E-state index contributed by atoms with van der Waals surface area (Å²) in [6.45, 7) is 1.60. The summed E-state index contributed by atoms with van der Waals surface area (Å²) in [5, 5.41) is 4.04. The maximum atomic E-state index is 12.3. The van der Waals surface area contributed by atoms with Crippen LogP contribution in [0, 0.1) is 0 Å². The van der Waals surface area contributed by atoms with Crippen LogP contribution in [0.1, 0.15) is 12.5 Å². The summed E-state index contributed by atoms with van der Waals surface area (Å²) in [5.74, 6) is -0.423. The molecule has 0 spiro atoms. The lowest BCUT2D eigenvalue weighted by Gasteiger charge is -2.06. The highest BCUT2D eigenvalue weighted by molar-refractivity contribution is 5.99. The van der Waals surface area contributed by atoms with Gasteiger partial charge in [0.25, 0.3) is 11.5 Å². The molecule has 3 heterocycles. The molecule has 10 heteroatoms. The van der Waals surface area contributed by atoms with E-state index < -0.39 is 17.2 Å². The Morgan fingerprint density at radius 3 is 2.58 bits per heavy atom. The second kappa shape index (κ2) is 6.75. The van der Waals surface area contributed by atoms with Gasteiger partial charge in [0, 0.05) is 32.1 Å². The van der Waals surface area contributed by atoms with Gasteiger partial charge in [-0.1, -0.05) is 0 Å². The van der Waals surface area contributed by atoms with Crippen LogP contribution in [0.15, 0.2) is 45.5 Å². The number of fused-ring (bicyclic) bond motifs is 1. The van der Waals surface area contributed by atoms with E-state index in [1.165, 1.54) is 29.6 Å². The van der Waals surface area contributed by atoms with E-state index in [1.54, 1.807) is 31.5 Å². The Bertz CT molecular complexity index is 1120. The number of carbonyl (C=O) groups excluding carboxylic acids is 1. The molecule has 1 N–H and O–H groups in total. The number of nitrogens with zero attached hydrogens (tertiary/aromatic N) is 6. The molecular formula is C16H17N7O3. The largest absolute Gasteiger partial charge is 0.332 e. The third-order valence-electron chi connectivity index (χ3n) is 3.98. The maximum absolute atomic E-state index is 12.3. The number of rotatable bonds is 4. The van der Waals surface area contributed by atoms with Crippen LogP contribution in [0.4, 0.5) is 0 Å². The number of hydrogen-bond donors (Lipinski definition) is 1. The Hall–Kier alpha value is -3.56. The first-order valence-corrected chi connectivity index (χ1v) is 7.74. The van der Waals surface area contributed by atoms with Crippen LogP contribution in [0.3, 0.4) is 0 Å². The van der Waals surface area contributed by atoms with Crippen molar-refractivity contribution < 1.29 is 4.79 Å². The zero-order valence-corrected chi connectivity index (χ0v) is 14.5. The molecule has 0 unspecified atom stereocenters. The second-order valence-corrected chi connectivity index (χ2v) is 5.72. The Morgan fingerprint density at radius 2 is 1.88 bits per heavy atom. The van der Waals surface area contributed by atoms with Crippen LogP contribution < -0.4 is 16.7 Å². The van der Waals surface area contributed by atoms with E-state index in [2.05, 4.69) is 20.5 Å². The summed E-state index contributed by atoms with van der Waals surface area (Å²) in [5.41, 5.74) is 3.32. The van der Waals surface area contributed by atoms with Crippen molar-refractivity contribution >= 4 is 22.8 Å². The molecular weight excluding hydrogens is 338 g/mol. The van der Waals surface area contributed by atoms with Gasteiger partial charge in [0.1, 0.15) is 6.54 Å². The van der Waals surface area contributed by atoms with Gasteiger partial charge in [-0.3, -0.25) is 23.7 Å². The molecule has 3 aromatic heterocycles. The van der Waals surface area contributed by atoms with Crippen molar-refractivity contribution in [3.8, 4) is 0 Å². The number of aryl methyl sites for hydroxylation is 1. The van der Waals surface area contributed by atoms with Crippen LogP contribution in [-0.2, 0) is 25.4 Å². The minimum atomic E-state index is -0.509. The van der Waals surface area contributed by atoms with Crippen LogP contribution in [0.2, 0.25) is 0 Å². The average Bonchev–Trinajstić information content (AvgIpc) is 3.07. The normalized spacial score (nSPS) is 11.7. The molecule has 0 aliphatic carbocycles. The number of pyridine rings is 1. The zero-order chi connectivity index (χ0) is 18.8. The van der Waals surface area contributed by atoms with Gasteiger partial charge in [-0.2, -0.15) is 5.10 Å². The molecule has 0 saturated carbocycles. The van der Waals surface area contributed by atoms with Gasteiger partial charge in [0.15, 0.2) is 11.2 Å². The van der Waals surface area contributed by atoms with E-state index in [-0.39, 0.29) is 17.7 Å². The molecule has 0 bridgehead atoms. The molecule has 10 nitrogen and oxygen atoms in total. The molecule has 3 aromatic rings. The number of hydrazone groups is 1. The average molecular weight is 355 g/mol. The van der Waals surface area contributed by atoms with Crippen molar-refractivity contribution in [2.75, 3.05) is 0 Å². The summed E-state index contributed by atoms with van der Waals surface area (Å²) in [6.07, 6.45) is 4.62. The van der Waals surface area contributed by atoms with Crippen molar-refractivity contribution in [1.29, 1.82) is 0 Å². The summed E-state index contributed by atoms with van der Waals surface area (Å²) in [6, 6.07) is 3.55. The molecule has 0 aliphatic heterocycles. The fourth-order valence-electron chi connectivity index (χ4n) is 2.51. The number of imidazole rings is 1. The second-order valence-electron chi connectivity index (χ2n) is 5.72. The minimum absolute atomic E-state index is 0.156. The van der Waals surface area contributed by atoms with E-state index >= 15 is 0 Å². The van der Waals surface area contributed by atoms with Gasteiger partial charge in [0.05, 0.1) is 12.0 Å². The molecule has 134 valence electrons. The summed E-state index contributed by atoms with van der Waals surface area (Å²) in [4.78, 5) is 44.4. The minimum Gasteiger partial charge on any atom is -0.315 e. The van der Waals surface area contributed by atoms with E-state index in [0.29, 0.717) is 5.71 Å². The van der Waals surface area contributed by atoms with E-state index in [1.807, 2.05) is 0 Å². The van der Waals surface area contributed by atoms with Crippen molar-refractivity contribution in [2.24, 2.45) is 19.2 Å². The molecule has 0 fully saturated rings. The monoisotopic (exact) mass is 355 g/mol. The number of amides is 1. The molecule has 0 saturated heterocycles. The van der Waals surface area contributed by atoms with Gasteiger partial charge in [-0.05, 0) is 19.1 Å². The van der Waals surface area contributed by atoms with E-state index in [9.17, 15) is 14.4 Å².